The molecule has 0 atom stereocenters. The number of carbonyl (C=O) groups excluding carboxylic acids is 1. The van der Waals surface area contributed by atoms with E-state index in [1.54, 1.807) is 7.11 Å². The van der Waals surface area contributed by atoms with E-state index in [0.717, 1.165) is 43.5 Å². The standard InChI is InChI=1S/C15H21NO2/c1-3-4-11-16-14(17)15(9-10-15)12-5-7-13(18-2)8-6-12/h5-8H,3-4,9-11H2,1-2H3,(H,16,17). The SMILES string of the molecule is CCCCNC(=O)C1(c2ccc(OC)cc2)CC1. The summed E-state index contributed by atoms with van der Waals surface area (Å²) in [5.41, 5.74) is 0.845. The molecule has 2 rings (SSSR count). The van der Waals surface area contributed by atoms with Gasteiger partial charge < -0.3 is 10.1 Å². The first-order valence-corrected chi connectivity index (χ1v) is 6.66. The van der Waals surface area contributed by atoms with Gasteiger partial charge in [0.2, 0.25) is 5.91 Å². The van der Waals surface area contributed by atoms with Gasteiger partial charge in [0.15, 0.2) is 0 Å². The molecule has 0 unspecified atom stereocenters. The fourth-order valence-electron chi connectivity index (χ4n) is 2.23. The molecular weight excluding hydrogens is 226 g/mol. The van der Waals surface area contributed by atoms with Crippen molar-refractivity contribution < 1.29 is 9.53 Å². The molecule has 0 aromatic heterocycles. The molecule has 1 aliphatic rings. The van der Waals surface area contributed by atoms with Crippen molar-refractivity contribution in [2.75, 3.05) is 13.7 Å². The van der Waals surface area contributed by atoms with Crippen LogP contribution in [-0.2, 0) is 10.2 Å². The van der Waals surface area contributed by atoms with Crippen LogP contribution in [0.5, 0.6) is 5.75 Å². The smallest absolute Gasteiger partial charge is 0.230 e. The number of rotatable bonds is 6. The third-order valence-corrected chi connectivity index (χ3v) is 3.64. The summed E-state index contributed by atoms with van der Waals surface area (Å²) >= 11 is 0. The van der Waals surface area contributed by atoms with Gasteiger partial charge >= 0.3 is 0 Å². The number of amides is 1. The Morgan fingerprint density at radius 3 is 2.50 bits per heavy atom. The number of hydrogen-bond donors (Lipinski definition) is 1. The minimum absolute atomic E-state index is 0.182. The highest BCUT2D eigenvalue weighted by Gasteiger charge is 2.50. The molecule has 18 heavy (non-hydrogen) atoms. The van der Waals surface area contributed by atoms with Crippen LogP contribution in [0.15, 0.2) is 24.3 Å². The molecule has 1 saturated carbocycles. The van der Waals surface area contributed by atoms with Crippen molar-refractivity contribution in [3.8, 4) is 5.75 Å². The van der Waals surface area contributed by atoms with E-state index in [1.807, 2.05) is 24.3 Å². The van der Waals surface area contributed by atoms with Crippen molar-refractivity contribution in [1.29, 1.82) is 0 Å². The summed E-state index contributed by atoms with van der Waals surface area (Å²) in [6.45, 7) is 2.91. The van der Waals surface area contributed by atoms with Crippen molar-refractivity contribution in [2.24, 2.45) is 0 Å². The number of methoxy groups -OCH3 is 1. The predicted octanol–water partition coefficient (Wildman–Crippen LogP) is 2.64. The second-order valence-corrected chi connectivity index (χ2v) is 4.92. The van der Waals surface area contributed by atoms with Gasteiger partial charge in [0.25, 0.3) is 0 Å². The van der Waals surface area contributed by atoms with Gasteiger partial charge in [-0.15, -0.1) is 0 Å². The molecule has 1 aromatic rings. The molecule has 0 heterocycles. The Balaban J connectivity index is 2.03. The Hall–Kier alpha value is -1.51. The number of carbonyl (C=O) groups is 1. The summed E-state index contributed by atoms with van der Waals surface area (Å²) in [7, 11) is 1.65. The zero-order valence-corrected chi connectivity index (χ0v) is 11.2. The van der Waals surface area contributed by atoms with Crippen LogP contribution >= 0.6 is 0 Å². The molecule has 0 saturated heterocycles. The third kappa shape index (κ3) is 2.50. The van der Waals surface area contributed by atoms with Gasteiger partial charge in [0.05, 0.1) is 12.5 Å². The lowest BCUT2D eigenvalue weighted by Crippen LogP contribution is -2.35. The summed E-state index contributed by atoms with van der Waals surface area (Å²) in [5.74, 6) is 1.02. The number of ether oxygens (including phenoxy) is 1. The van der Waals surface area contributed by atoms with E-state index in [-0.39, 0.29) is 11.3 Å². The Kier molecular flexibility index (Phi) is 3.90. The van der Waals surface area contributed by atoms with E-state index in [1.165, 1.54) is 0 Å². The fourth-order valence-corrected chi connectivity index (χ4v) is 2.23. The summed E-state index contributed by atoms with van der Waals surface area (Å²) in [4.78, 5) is 12.2. The topological polar surface area (TPSA) is 38.3 Å². The van der Waals surface area contributed by atoms with Crippen LogP contribution in [-0.4, -0.2) is 19.6 Å². The van der Waals surface area contributed by atoms with Crippen molar-refractivity contribution in [3.05, 3.63) is 29.8 Å². The lowest BCUT2D eigenvalue weighted by atomic mass is 9.95. The normalized spacial score (nSPS) is 16.1. The minimum Gasteiger partial charge on any atom is -0.497 e. The molecule has 0 spiro atoms. The zero-order valence-electron chi connectivity index (χ0n) is 11.2. The van der Waals surface area contributed by atoms with Crippen LogP contribution in [0.25, 0.3) is 0 Å². The molecule has 0 radical (unpaired) electrons. The molecule has 0 aliphatic heterocycles. The van der Waals surface area contributed by atoms with Crippen LogP contribution in [0, 0.1) is 0 Å². The molecule has 1 N–H and O–H groups in total. The lowest BCUT2D eigenvalue weighted by Gasteiger charge is -2.16. The van der Waals surface area contributed by atoms with Crippen molar-refractivity contribution in [2.45, 2.75) is 38.0 Å². The highest BCUT2D eigenvalue weighted by molar-refractivity contribution is 5.91. The van der Waals surface area contributed by atoms with Gasteiger partial charge in [-0.25, -0.2) is 0 Å². The first kappa shape index (κ1) is 12.9. The van der Waals surface area contributed by atoms with Crippen molar-refractivity contribution in [1.82, 2.24) is 5.32 Å². The maximum atomic E-state index is 12.2. The fraction of sp³-hybridized carbons (Fsp3) is 0.533. The van der Waals surface area contributed by atoms with Gasteiger partial charge in [0, 0.05) is 6.54 Å². The summed E-state index contributed by atoms with van der Waals surface area (Å²) in [5, 5.41) is 3.04. The first-order valence-electron chi connectivity index (χ1n) is 6.66. The van der Waals surface area contributed by atoms with Crippen LogP contribution in [0.3, 0.4) is 0 Å². The Bertz CT molecular complexity index is 407. The van der Waals surface area contributed by atoms with E-state index in [9.17, 15) is 4.79 Å². The number of unbranched alkanes of at least 4 members (excludes halogenated alkanes) is 1. The van der Waals surface area contributed by atoms with Gasteiger partial charge in [-0.1, -0.05) is 25.5 Å². The van der Waals surface area contributed by atoms with Crippen molar-refractivity contribution in [3.63, 3.8) is 0 Å². The van der Waals surface area contributed by atoms with E-state index in [4.69, 9.17) is 4.74 Å². The number of benzene rings is 1. The maximum absolute atomic E-state index is 12.2. The van der Waals surface area contributed by atoms with E-state index < -0.39 is 0 Å². The number of hydrogen-bond acceptors (Lipinski definition) is 2. The van der Waals surface area contributed by atoms with Gasteiger partial charge in [0.1, 0.15) is 5.75 Å². The molecule has 1 aromatic carbocycles. The van der Waals surface area contributed by atoms with Crippen LogP contribution in [0.2, 0.25) is 0 Å². The summed E-state index contributed by atoms with van der Waals surface area (Å²) in [6, 6.07) is 7.86. The van der Waals surface area contributed by atoms with Crippen LogP contribution in [0.4, 0.5) is 0 Å². The van der Waals surface area contributed by atoms with E-state index in [0.29, 0.717) is 0 Å². The average molecular weight is 247 g/mol. The van der Waals surface area contributed by atoms with Crippen LogP contribution in [0.1, 0.15) is 38.2 Å². The van der Waals surface area contributed by atoms with E-state index in [2.05, 4.69) is 12.2 Å². The molecule has 1 fully saturated rings. The third-order valence-electron chi connectivity index (χ3n) is 3.64. The molecule has 98 valence electrons. The summed E-state index contributed by atoms with van der Waals surface area (Å²) < 4.78 is 5.14. The van der Waals surface area contributed by atoms with Gasteiger partial charge in [-0.05, 0) is 37.0 Å². The molecule has 0 bridgehead atoms. The minimum atomic E-state index is -0.264. The maximum Gasteiger partial charge on any atom is 0.230 e. The highest BCUT2D eigenvalue weighted by atomic mass is 16.5. The van der Waals surface area contributed by atoms with Gasteiger partial charge in [-0.3, -0.25) is 4.79 Å². The quantitative estimate of drug-likeness (QED) is 0.785. The molecule has 1 amide bonds. The highest BCUT2D eigenvalue weighted by Crippen LogP contribution is 2.48. The van der Waals surface area contributed by atoms with Crippen molar-refractivity contribution >= 4 is 5.91 Å². The molecule has 3 heteroatoms. The largest absolute Gasteiger partial charge is 0.497 e. The second-order valence-electron chi connectivity index (χ2n) is 4.92. The zero-order chi connectivity index (χ0) is 13.0. The second kappa shape index (κ2) is 5.42. The van der Waals surface area contributed by atoms with Gasteiger partial charge in [-0.2, -0.15) is 0 Å². The molecular formula is C15H21NO2. The first-order chi connectivity index (χ1) is 8.73. The number of nitrogens with one attached hydrogen (secondary N) is 1. The molecule has 3 nitrogen and oxygen atoms in total. The average Bonchev–Trinajstić information content (AvgIpc) is 3.20. The Labute approximate surface area is 109 Å². The predicted molar refractivity (Wildman–Crippen MR) is 71.8 cm³/mol. The Morgan fingerprint density at radius 2 is 2.00 bits per heavy atom. The monoisotopic (exact) mass is 247 g/mol. The molecule has 1 aliphatic carbocycles. The van der Waals surface area contributed by atoms with E-state index >= 15 is 0 Å². The summed E-state index contributed by atoms with van der Waals surface area (Å²) in [6.07, 6.45) is 4.06. The van der Waals surface area contributed by atoms with Crippen LogP contribution < -0.4 is 10.1 Å². The Morgan fingerprint density at radius 1 is 1.33 bits per heavy atom. The lowest BCUT2D eigenvalue weighted by molar-refractivity contribution is -0.123.